The number of rotatable bonds is 8. The van der Waals surface area contributed by atoms with Gasteiger partial charge in [0.15, 0.2) is 0 Å². The Labute approximate surface area is 171 Å². The Kier molecular flexibility index (Phi) is 6.79. The van der Waals surface area contributed by atoms with Crippen LogP contribution in [0.5, 0.6) is 5.75 Å². The van der Waals surface area contributed by atoms with Gasteiger partial charge < -0.3 is 15.0 Å². The summed E-state index contributed by atoms with van der Waals surface area (Å²) in [4.78, 5) is 23.6. The Balaban J connectivity index is 1.68. The van der Waals surface area contributed by atoms with E-state index in [0.717, 1.165) is 30.0 Å². The van der Waals surface area contributed by atoms with Gasteiger partial charge in [-0.1, -0.05) is 30.3 Å². The highest BCUT2D eigenvalue weighted by Crippen LogP contribution is 2.23. The van der Waals surface area contributed by atoms with E-state index in [1.54, 1.807) is 20.1 Å². The number of carbonyl (C=O) groups excluding carboxylic acids is 1. The predicted octanol–water partition coefficient (Wildman–Crippen LogP) is 3.92. The van der Waals surface area contributed by atoms with Gasteiger partial charge in [0.1, 0.15) is 23.1 Å². The van der Waals surface area contributed by atoms with E-state index in [0.29, 0.717) is 23.9 Å². The van der Waals surface area contributed by atoms with Gasteiger partial charge in [-0.3, -0.25) is 4.79 Å². The van der Waals surface area contributed by atoms with Crippen LogP contribution in [0.1, 0.15) is 28.8 Å². The molecule has 0 spiro atoms. The molecule has 0 radical (unpaired) electrons. The van der Waals surface area contributed by atoms with E-state index in [-0.39, 0.29) is 5.91 Å². The third-order valence-corrected chi connectivity index (χ3v) is 4.58. The molecule has 0 aliphatic carbocycles. The van der Waals surface area contributed by atoms with Crippen molar-refractivity contribution in [2.45, 2.75) is 20.3 Å². The standard InChI is InChI=1S/C23H26N4O2/c1-4-27(19-8-6-5-7-9-19)22-16-21(25-17(2)26-22)23(28)24-15-14-18-10-12-20(29-3)13-11-18/h5-13,16H,4,14-15H2,1-3H3,(H,24,28). The van der Waals surface area contributed by atoms with Crippen LogP contribution in [0.4, 0.5) is 11.5 Å². The average Bonchev–Trinajstić information content (AvgIpc) is 2.75. The van der Waals surface area contributed by atoms with E-state index in [2.05, 4.69) is 27.1 Å². The molecular weight excluding hydrogens is 364 g/mol. The maximum Gasteiger partial charge on any atom is 0.270 e. The van der Waals surface area contributed by atoms with E-state index in [9.17, 15) is 4.79 Å². The van der Waals surface area contributed by atoms with Crippen molar-refractivity contribution in [1.29, 1.82) is 0 Å². The first-order chi connectivity index (χ1) is 14.1. The summed E-state index contributed by atoms with van der Waals surface area (Å²) in [6.45, 7) is 5.12. The van der Waals surface area contributed by atoms with Gasteiger partial charge in [-0.05, 0) is 50.1 Å². The number of aromatic nitrogens is 2. The number of aryl methyl sites for hydroxylation is 1. The van der Waals surface area contributed by atoms with Crippen molar-refractivity contribution in [3.05, 3.63) is 77.7 Å². The average molecular weight is 390 g/mol. The summed E-state index contributed by atoms with van der Waals surface area (Å²) in [6.07, 6.45) is 0.734. The minimum absolute atomic E-state index is 0.200. The molecule has 6 nitrogen and oxygen atoms in total. The number of hydrogen-bond acceptors (Lipinski definition) is 5. The number of amides is 1. The van der Waals surface area contributed by atoms with Gasteiger partial charge in [-0.15, -0.1) is 0 Å². The van der Waals surface area contributed by atoms with Crippen LogP contribution in [-0.2, 0) is 6.42 Å². The molecule has 1 aromatic heterocycles. The molecule has 150 valence electrons. The molecule has 0 aliphatic heterocycles. The first kappa shape index (κ1) is 20.3. The lowest BCUT2D eigenvalue weighted by atomic mass is 10.1. The first-order valence-corrected chi connectivity index (χ1v) is 9.70. The van der Waals surface area contributed by atoms with E-state index in [4.69, 9.17) is 4.74 Å². The van der Waals surface area contributed by atoms with Crippen molar-refractivity contribution in [3.63, 3.8) is 0 Å². The molecule has 1 amide bonds. The Morgan fingerprint density at radius 2 is 1.79 bits per heavy atom. The molecule has 0 aliphatic rings. The summed E-state index contributed by atoms with van der Waals surface area (Å²) < 4.78 is 5.16. The molecule has 0 bridgehead atoms. The predicted molar refractivity (Wildman–Crippen MR) is 115 cm³/mol. The highest BCUT2D eigenvalue weighted by Gasteiger charge is 2.15. The maximum absolute atomic E-state index is 12.6. The van der Waals surface area contributed by atoms with Gasteiger partial charge in [0.2, 0.25) is 0 Å². The number of hydrogen-bond donors (Lipinski definition) is 1. The Morgan fingerprint density at radius 1 is 1.07 bits per heavy atom. The lowest BCUT2D eigenvalue weighted by Crippen LogP contribution is -2.27. The zero-order valence-corrected chi connectivity index (χ0v) is 17.1. The molecule has 2 aromatic carbocycles. The number of benzene rings is 2. The third kappa shape index (κ3) is 5.31. The molecule has 3 aromatic rings. The first-order valence-electron chi connectivity index (χ1n) is 9.70. The van der Waals surface area contributed by atoms with Crippen LogP contribution in [0.15, 0.2) is 60.7 Å². The van der Waals surface area contributed by atoms with Gasteiger partial charge >= 0.3 is 0 Å². The van der Waals surface area contributed by atoms with Gasteiger partial charge in [0.05, 0.1) is 7.11 Å². The monoisotopic (exact) mass is 390 g/mol. The molecule has 1 heterocycles. The fourth-order valence-corrected chi connectivity index (χ4v) is 3.09. The number of nitrogens with one attached hydrogen (secondary N) is 1. The van der Waals surface area contributed by atoms with Crippen molar-refractivity contribution in [3.8, 4) is 5.75 Å². The summed E-state index contributed by atoms with van der Waals surface area (Å²) in [5.74, 6) is 1.90. The van der Waals surface area contributed by atoms with Crippen LogP contribution in [0, 0.1) is 6.92 Å². The molecule has 0 unspecified atom stereocenters. The van der Waals surface area contributed by atoms with Crippen LogP contribution in [0.3, 0.4) is 0 Å². The quantitative estimate of drug-likeness (QED) is 0.631. The Morgan fingerprint density at radius 3 is 2.45 bits per heavy atom. The van der Waals surface area contributed by atoms with Crippen LogP contribution in [0.25, 0.3) is 0 Å². The molecule has 3 rings (SSSR count). The minimum atomic E-state index is -0.200. The highest BCUT2D eigenvalue weighted by atomic mass is 16.5. The summed E-state index contributed by atoms with van der Waals surface area (Å²) in [7, 11) is 1.64. The fourth-order valence-electron chi connectivity index (χ4n) is 3.09. The van der Waals surface area contributed by atoms with Crippen molar-refractivity contribution >= 4 is 17.4 Å². The second-order valence-corrected chi connectivity index (χ2v) is 6.59. The number of carbonyl (C=O) groups is 1. The van der Waals surface area contributed by atoms with Crippen molar-refractivity contribution in [2.24, 2.45) is 0 Å². The van der Waals surface area contributed by atoms with Crippen LogP contribution >= 0.6 is 0 Å². The maximum atomic E-state index is 12.6. The molecular formula is C23H26N4O2. The minimum Gasteiger partial charge on any atom is -0.497 e. The van der Waals surface area contributed by atoms with E-state index in [1.807, 2.05) is 54.6 Å². The molecule has 0 saturated carbocycles. The molecule has 1 N–H and O–H groups in total. The summed E-state index contributed by atoms with van der Waals surface area (Å²) >= 11 is 0. The fraction of sp³-hybridized carbons (Fsp3) is 0.261. The zero-order chi connectivity index (χ0) is 20.6. The second kappa shape index (κ2) is 9.68. The number of ether oxygens (including phenoxy) is 1. The second-order valence-electron chi connectivity index (χ2n) is 6.59. The van der Waals surface area contributed by atoms with Crippen molar-refractivity contribution in [2.75, 3.05) is 25.1 Å². The van der Waals surface area contributed by atoms with Crippen LogP contribution < -0.4 is 15.0 Å². The molecule has 0 saturated heterocycles. The zero-order valence-electron chi connectivity index (χ0n) is 17.1. The topological polar surface area (TPSA) is 67.4 Å². The Bertz CT molecular complexity index is 943. The van der Waals surface area contributed by atoms with Gasteiger partial charge in [-0.2, -0.15) is 0 Å². The van der Waals surface area contributed by atoms with Crippen LogP contribution in [0.2, 0.25) is 0 Å². The Hall–Kier alpha value is -3.41. The molecule has 6 heteroatoms. The lowest BCUT2D eigenvalue weighted by molar-refractivity contribution is 0.0948. The number of nitrogens with zero attached hydrogens (tertiary/aromatic N) is 3. The molecule has 0 fully saturated rings. The SMILES string of the molecule is CCN(c1ccccc1)c1cc(C(=O)NCCc2ccc(OC)cc2)nc(C)n1. The van der Waals surface area contributed by atoms with Gasteiger partial charge in [-0.25, -0.2) is 9.97 Å². The van der Waals surface area contributed by atoms with Crippen molar-refractivity contribution in [1.82, 2.24) is 15.3 Å². The smallest absolute Gasteiger partial charge is 0.270 e. The largest absolute Gasteiger partial charge is 0.497 e. The van der Waals surface area contributed by atoms with Crippen molar-refractivity contribution < 1.29 is 9.53 Å². The normalized spacial score (nSPS) is 10.4. The van der Waals surface area contributed by atoms with Gasteiger partial charge in [0, 0.05) is 24.8 Å². The summed E-state index contributed by atoms with van der Waals surface area (Å²) in [5, 5.41) is 2.95. The van der Waals surface area contributed by atoms with Gasteiger partial charge in [0.25, 0.3) is 5.91 Å². The summed E-state index contributed by atoms with van der Waals surface area (Å²) in [5.41, 5.74) is 2.53. The summed E-state index contributed by atoms with van der Waals surface area (Å²) in [6, 6.07) is 19.6. The van der Waals surface area contributed by atoms with Crippen LogP contribution in [-0.4, -0.2) is 36.1 Å². The molecule has 29 heavy (non-hydrogen) atoms. The lowest BCUT2D eigenvalue weighted by Gasteiger charge is -2.22. The van der Waals surface area contributed by atoms with E-state index in [1.165, 1.54) is 0 Å². The highest BCUT2D eigenvalue weighted by molar-refractivity contribution is 5.93. The van der Waals surface area contributed by atoms with E-state index >= 15 is 0 Å². The molecule has 0 atom stereocenters. The number of anilines is 2. The van der Waals surface area contributed by atoms with E-state index < -0.39 is 0 Å². The number of methoxy groups -OCH3 is 1. The third-order valence-electron chi connectivity index (χ3n) is 4.58. The number of para-hydroxylation sites is 1.